The van der Waals surface area contributed by atoms with Crippen molar-refractivity contribution in [1.29, 1.82) is 0 Å². The van der Waals surface area contributed by atoms with Crippen molar-refractivity contribution in [2.24, 2.45) is 4.99 Å². The van der Waals surface area contributed by atoms with E-state index in [1.165, 1.54) is 19.3 Å². The van der Waals surface area contributed by atoms with Crippen molar-refractivity contribution < 1.29 is 5.11 Å². The van der Waals surface area contributed by atoms with Crippen molar-refractivity contribution in [1.82, 2.24) is 10.6 Å². The molecule has 0 saturated heterocycles. The van der Waals surface area contributed by atoms with Gasteiger partial charge in [0.25, 0.3) is 0 Å². The van der Waals surface area contributed by atoms with Gasteiger partial charge in [-0.2, -0.15) is 0 Å². The van der Waals surface area contributed by atoms with Crippen LogP contribution in [0.3, 0.4) is 0 Å². The first-order valence-electron chi connectivity index (χ1n) is 7.98. The number of guanidine groups is 1. The summed E-state index contributed by atoms with van der Waals surface area (Å²) < 4.78 is 0. The fourth-order valence-electron chi connectivity index (χ4n) is 2.10. The van der Waals surface area contributed by atoms with Crippen molar-refractivity contribution in [3.05, 3.63) is 29.8 Å². The normalized spacial score (nSPS) is 12.4. The summed E-state index contributed by atoms with van der Waals surface area (Å²) in [7, 11) is 0. The van der Waals surface area contributed by atoms with Gasteiger partial charge in [0.2, 0.25) is 0 Å². The number of hydrogen-bond acceptors (Lipinski definition) is 2. The maximum absolute atomic E-state index is 9.28. The van der Waals surface area contributed by atoms with Crippen LogP contribution in [-0.4, -0.2) is 23.7 Å². The van der Waals surface area contributed by atoms with E-state index >= 15 is 0 Å². The number of phenolic OH excluding ortho intramolecular Hbond substituents is 1. The predicted octanol–water partition coefficient (Wildman–Crippen LogP) is 4.03. The smallest absolute Gasteiger partial charge is 0.191 e. The molecule has 0 aromatic heterocycles. The number of halogens is 1. The molecule has 0 radical (unpaired) electrons. The molecule has 0 saturated carbocycles. The van der Waals surface area contributed by atoms with Crippen LogP contribution >= 0.6 is 24.0 Å². The highest BCUT2D eigenvalue weighted by molar-refractivity contribution is 14.0. The summed E-state index contributed by atoms with van der Waals surface area (Å²) in [4.78, 5) is 4.59. The zero-order chi connectivity index (χ0) is 15.5. The Morgan fingerprint density at radius 3 is 2.45 bits per heavy atom. The summed E-state index contributed by atoms with van der Waals surface area (Å²) >= 11 is 0. The van der Waals surface area contributed by atoms with Crippen molar-refractivity contribution in [3.8, 4) is 5.75 Å². The first-order chi connectivity index (χ1) is 10.2. The van der Waals surface area contributed by atoms with Gasteiger partial charge in [-0.25, -0.2) is 4.99 Å². The van der Waals surface area contributed by atoms with E-state index in [0.717, 1.165) is 24.5 Å². The number of unbranched alkanes of at least 4 members (excludes halogenated alkanes) is 2. The van der Waals surface area contributed by atoms with Crippen molar-refractivity contribution in [3.63, 3.8) is 0 Å². The Morgan fingerprint density at radius 2 is 1.86 bits per heavy atom. The molecule has 0 aliphatic heterocycles. The molecule has 0 heterocycles. The van der Waals surface area contributed by atoms with Gasteiger partial charge in [0.05, 0.1) is 6.54 Å². The molecule has 1 unspecified atom stereocenters. The van der Waals surface area contributed by atoms with Crippen LogP contribution in [0.2, 0.25) is 0 Å². The topological polar surface area (TPSA) is 56.7 Å². The third-order valence-electron chi connectivity index (χ3n) is 3.32. The van der Waals surface area contributed by atoms with Gasteiger partial charge < -0.3 is 15.7 Å². The molecule has 3 N–H and O–H groups in total. The quantitative estimate of drug-likeness (QED) is 0.258. The maximum Gasteiger partial charge on any atom is 0.191 e. The molecule has 5 heteroatoms. The molecule has 0 aliphatic rings. The lowest BCUT2D eigenvalue weighted by Gasteiger charge is -2.17. The molecule has 1 aromatic carbocycles. The van der Waals surface area contributed by atoms with Crippen LogP contribution < -0.4 is 10.6 Å². The summed E-state index contributed by atoms with van der Waals surface area (Å²) in [6, 6.07) is 7.60. The number of benzene rings is 1. The number of rotatable bonds is 8. The first-order valence-corrected chi connectivity index (χ1v) is 7.98. The van der Waals surface area contributed by atoms with Crippen LogP contribution in [0.25, 0.3) is 0 Å². The minimum Gasteiger partial charge on any atom is -0.508 e. The van der Waals surface area contributed by atoms with E-state index in [4.69, 9.17) is 0 Å². The summed E-state index contributed by atoms with van der Waals surface area (Å²) in [5, 5.41) is 16.0. The largest absolute Gasteiger partial charge is 0.508 e. The summed E-state index contributed by atoms with van der Waals surface area (Å²) in [5.41, 5.74) is 1.09. The molecule has 22 heavy (non-hydrogen) atoms. The van der Waals surface area contributed by atoms with E-state index in [9.17, 15) is 5.11 Å². The van der Waals surface area contributed by atoms with Crippen LogP contribution in [0.15, 0.2) is 29.3 Å². The Bertz CT molecular complexity index is 420. The molecular weight excluding hydrogens is 389 g/mol. The van der Waals surface area contributed by atoms with Crippen LogP contribution in [0.1, 0.15) is 52.0 Å². The monoisotopic (exact) mass is 419 g/mol. The number of aromatic hydroxyl groups is 1. The maximum atomic E-state index is 9.28. The van der Waals surface area contributed by atoms with E-state index in [2.05, 4.69) is 36.4 Å². The number of nitrogens with one attached hydrogen (secondary N) is 2. The van der Waals surface area contributed by atoms with E-state index in [1.54, 1.807) is 12.1 Å². The molecule has 0 bridgehead atoms. The van der Waals surface area contributed by atoms with Crippen LogP contribution in [0.5, 0.6) is 5.75 Å². The second kappa shape index (κ2) is 12.6. The Hall–Kier alpha value is -0.980. The predicted molar refractivity (Wildman–Crippen MR) is 105 cm³/mol. The Morgan fingerprint density at radius 1 is 1.18 bits per heavy atom. The molecule has 1 aromatic rings. The molecule has 0 amide bonds. The van der Waals surface area contributed by atoms with Gasteiger partial charge in [0.15, 0.2) is 5.96 Å². The summed E-state index contributed by atoms with van der Waals surface area (Å²) in [6.07, 6.45) is 4.95. The summed E-state index contributed by atoms with van der Waals surface area (Å²) in [6.45, 7) is 7.95. The zero-order valence-electron chi connectivity index (χ0n) is 13.9. The molecule has 1 rings (SSSR count). The van der Waals surface area contributed by atoms with Gasteiger partial charge in [0.1, 0.15) is 5.75 Å². The third-order valence-corrected chi connectivity index (χ3v) is 3.32. The van der Waals surface area contributed by atoms with E-state index in [0.29, 0.717) is 12.6 Å². The second-order valence-corrected chi connectivity index (χ2v) is 5.40. The van der Waals surface area contributed by atoms with Crippen molar-refractivity contribution >= 4 is 29.9 Å². The molecule has 126 valence electrons. The highest BCUT2D eigenvalue weighted by atomic mass is 127. The Kier molecular flexibility index (Phi) is 12.0. The second-order valence-electron chi connectivity index (χ2n) is 5.40. The average molecular weight is 419 g/mol. The van der Waals surface area contributed by atoms with Crippen LogP contribution in [0.4, 0.5) is 0 Å². The fraction of sp³-hybridized carbons (Fsp3) is 0.588. The SMILES string of the molecule is CCCCCC(C)NC(=NCc1ccc(O)cc1)NCC.I. The first kappa shape index (κ1) is 21.0. The third kappa shape index (κ3) is 9.12. The van der Waals surface area contributed by atoms with Gasteiger partial charge in [-0.3, -0.25) is 0 Å². The van der Waals surface area contributed by atoms with Gasteiger partial charge in [0, 0.05) is 12.6 Å². The Balaban J connectivity index is 0.00000441. The lowest BCUT2D eigenvalue weighted by atomic mass is 10.1. The standard InChI is InChI=1S/C17H29N3O.HI/c1-4-6-7-8-14(3)20-17(18-5-2)19-13-15-9-11-16(21)12-10-15;/h9-12,14,21H,4-8,13H2,1-3H3,(H2,18,19,20);1H. The zero-order valence-corrected chi connectivity index (χ0v) is 16.3. The molecule has 0 fully saturated rings. The number of phenols is 1. The summed E-state index contributed by atoms with van der Waals surface area (Å²) in [5.74, 6) is 1.15. The highest BCUT2D eigenvalue weighted by Crippen LogP contribution is 2.10. The lowest BCUT2D eigenvalue weighted by molar-refractivity contribution is 0.475. The average Bonchev–Trinajstić information content (AvgIpc) is 2.47. The van der Waals surface area contributed by atoms with Crippen LogP contribution in [0, 0.1) is 0 Å². The number of nitrogens with zero attached hydrogens (tertiary/aromatic N) is 1. The van der Waals surface area contributed by atoms with E-state index in [-0.39, 0.29) is 29.7 Å². The molecule has 4 nitrogen and oxygen atoms in total. The number of hydrogen-bond donors (Lipinski definition) is 3. The molecule has 1 atom stereocenters. The van der Waals surface area contributed by atoms with Gasteiger partial charge in [-0.1, -0.05) is 38.3 Å². The highest BCUT2D eigenvalue weighted by Gasteiger charge is 2.04. The van der Waals surface area contributed by atoms with E-state index in [1.807, 2.05) is 12.1 Å². The minimum atomic E-state index is 0. The van der Waals surface area contributed by atoms with Gasteiger partial charge in [-0.15, -0.1) is 24.0 Å². The van der Waals surface area contributed by atoms with Crippen molar-refractivity contribution in [2.45, 2.75) is 59.0 Å². The van der Waals surface area contributed by atoms with Crippen LogP contribution in [-0.2, 0) is 6.54 Å². The molecule has 0 aliphatic carbocycles. The number of aliphatic imine (C=N–C) groups is 1. The molecular formula is C17H30IN3O. The fourth-order valence-corrected chi connectivity index (χ4v) is 2.10. The minimum absolute atomic E-state index is 0. The Labute approximate surface area is 151 Å². The lowest BCUT2D eigenvalue weighted by Crippen LogP contribution is -2.42. The molecule has 0 spiro atoms. The van der Waals surface area contributed by atoms with Crippen molar-refractivity contribution in [2.75, 3.05) is 6.54 Å². The van der Waals surface area contributed by atoms with Gasteiger partial charge in [-0.05, 0) is 38.0 Å². The van der Waals surface area contributed by atoms with E-state index < -0.39 is 0 Å². The van der Waals surface area contributed by atoms with Gasteiger partial charge >= 0.3 is 0 Å².